The molecular weight excluding hydrogens is 202 g/mol. The number of H-pyrrole nitrogens is 1. The van der Waals surface area contributed by atoms with Gasteiger partial charge in [-0.05, 0) is 25.2 Å². The van der Waals surface area contributed by atoms with Gasteiger partial charge in [-0.15, -0.1) is 0 Å². The van der Waals surface area contributed by atoms with Gasteiger partial charge in [-0.1, -0.05) is 0 Å². The molecule has 84 valence electrons. The lowest BCUT2D eigenvalue weighted by molar-refractivity contribution is -0.0227. The van der Waals surface area contributed by atoms with E-state index in [1.165, 1.54) is 0 Å². The van der Waals surface area contributed by atoms with Crippen LogP contribution in [-0.4, -0.2) is 41.6 Å². The topological polar surface area (TPSA) is 41.1 Å². The third-order valence-corrected chi connectivity index (χ3v) is 3.03. The van der Waals surface area contributed by atoms with Crippen LogP contribution in [0.4, 0.5) is 0 Å². The highest BCUT2D eigenvalue weighted by Gasteiger charge is 2.21. The number of aromatic nitrogens is 2. The zero-order valence-electron chi connectivity index (χ0n) is 9.31. The first-order valence-electron chi connectivity index (χ1n) is 5.57. The minimum absolute atomic E-state index is 0.146. The van der Waals surface area contributed by atoms with Gasteiger partial charge in [0.2, 0.25) is 0 Å². The van der Waals surface area contributed by atoms with Crippen molar-refractivity contribution in [3.8, 4) is 0 Å². The number of fused-ring (bicyclic) bond motifs is 1. The van der Waals surface area contributed by atoms with Gasteiger partial charge in [0, 0.05) is 30.4 Å². The number of aromatic amines is 1. The number of ether oxygens (including phenoxy) is 1. The van der Waals surface area contributed by atoms with Gasteiger partial charge in [0.1, 0.15) is 11.8 Å². The summed E-state index contributed by atoms with van der Waals surface area (Å²) in [5.74, 6) is 0. The molecule has 3 heterocycles. The fourth-order valence-corrected chi connectivity index (χ4v) is 2.12. The number of hydrogen-bond acceptors (Lipinski definition) is 3. The summed E-state index contributed by atoms with van der Waals surface area (Å²) in [6.07, 6.45) is 1.95. The van der Waals surface area contributed by atoms with Gasteiger partial charge in [0.25, 0.3) is 0 Å². The number of morpholine rings is 1. The SMILES string of the molecule is CN1CCOC(c2cc3cccnc3[nH]2)C1. The highest BCUT2D eigenvalue weighted by Crippen LogP contribution is 2.23. The summed E-state index contributed by atoms with van der Waals surface area (Å²) in [6.45, 7) is 2.74. The second kappa shape index (κ2) is 3.88. The van der Waals surface area contributed by atoms with Gasteiger partial charge in [-0.25, -0.2) is 4.98 Å². The summed E-state index contributed by atoms with van der Waals surface area (Å²) in [5.41, 5.74) is 2.06. The van der Waals surface area contributed by atoms with Crippen LogP contribution in [0.3, 0.4) is 0 Å². The van der Waals surface area contributed by atoms with E-state index in [1.54, 1.807) is 6.20 Å². The molecule has 1 saturated heterocycles. The predicted molar refractivity (Wildman–Crippen MR) is 62.3 cm³/mol. The van der Waals surface area contributed by atoms with E-state index in [-0.39, 0.29) is 6.10 Å². The Labute approximate surface area is 94.2 Å². The number of nitrogens with zero attached hydrogens (tertiary/aromatic N) is 2. The molecule has 4 heteroatoms. The van der Waals surface area contributed by atoms with E-state index in [2.05, 4.69) is 34.0 Å². The highest BCUT2D eigenvalue weighted by molar-refractivity contribution is 5.76. The van der Waals surface area contributed by atoms with Crippen molar-refractivity contribution in [1.82, 2.24) is 14.9 Å². The molecule has 1 unspecified atom stereocenters. The van der Waals surface area contributed by atoms with Crippen molar-refractivity contribution in [2.75, 3.05) is 26.7 Å². The number of hydrogen-bond donors (Lipinski definition) is 1. The lowest BCUT2D eigenvalue weighted by Gasteiger charge is -2.29. The monoisotopic (exact) mass is 217 g/mol. The van der Waals surface area contributed by atoms with Crippen LogP contribution >= 0.6 is 0 Å². The Hall–Kier alpha value is -1.39. The maximum absolute atomic E-state index is 5.76. The van der Waals surface area contributed by atoms with Crippen LogP contribution in [0.15, 0.2) is 24.4 Å². The molecule has 0 bridgehead atoms. The van der Waals surface area contributed by atoms with Crippen LogP contribution in [0.25, 0.3) is 11.0 Å². The number of nitrogens with one attached hydrogen (secondary N) is 1. The largest absolute Gasteiger partial charge is 0.369 e. The van der Waals surface area contributed by atoms with Crippen molar-refractivity contribution in [3.05, 3.63) is 30.1 Å². The first-order chi connectivity index (χ1) is 7.83. The van der Waals surface area contributed by atoms with Crippen molar-refractivity contribution in [1.29, 1.82) is 0 Å². The van der Waals surface area contributed by atoms with Crippen molar-refractivity contribution >= 4 is 11.0 Å². The average Bonchev–Trinajstić information content (AvgIpc) is 2.72. The summed E-state index contributed by atoms with van der Waals surface area (Å²) in [6, 6.07) is 6.15. The Morgan fingerprint density at radius 2 is 2.50 bits per heavy atom. The second-order valence-electron chi connectivity index (χ2n) is 4.29. The van der Waals surface area contributed by atoms with E-state index in [0.29, 0.717) is 0 Å². The van der Waals surface area contributed by atoms with E-state index >= 15 is 0 Å². The lowest BCUT2D eigenvalue weighted by atomic mass is 10.2. The Bertz CT molecular complexity index is 461. The molecular formula is C12H15N3O. The normalized spacial score (nSPS) is 22.7. The van der Waals surface area contributed by atoms with Crippen molar-refractivity contribution in [2.45, 2.75) is 6.10 Å². The molecule has 0 spiro atoms. The zero-order chi connectivity index (χ0) is 11.0. The average molecular weight is 217 g/mol. The smallest absolute Gasteiger partial charge is 0.137 e. The Balaban J connectivity index is 1.93. The van der Waals surface area contributed by atoms with Crippen molar-refractivity contribution in [2.24, 2.45) is 0 Å². The Morgan fingerprint density at radius 1 is 1.56 bits per heavy atom. The van der Waals surface area contributed by atoms with Gasteiger partial charge in [0.15, 0.2) is 0 Å². The fourth-order valence-electron chi connectivity index (χ4n) is 2.12. The summed E-state index contributed by atoms with van der Waals surface area (Å²) < 4.78 is 5.76. The van der Waals surface area contributed by atoms with Crippen LogP contribution in [0, 0.1) is 0 Å². The minimum Gasteiger partial charge on any atom is -0.369 e. The molecule has 0 aromatic carbocycles. The molecule has 3 rings (SSSR count). The van der Waals surface area contributed by atoms with Crippen LogP contribution in [0.5, 0.6) is 0 Å². The maximum atomic E-state index is 5.76. The van der Waals surface area contributed by atoms with Crippen molar-refractivity contribution in [3.63, 3.8) is 0 Å². The first kappa shape index (κ1) is 9.81. The second-order valence-corrected chi connectivity index (χ2v) is 4.29. The molecule has 1 aliphatic heterocycles. The summed E-state index contributed by atoms with van der Waals surface area (Å²) >= 11 is 0. The quantitative estimate of drug-likeness (QED) is 0.788. The molecule has 1 fully saturated rings. The molecule has 2 aromatic heterocycles. The highest BCUT2D eigenvalue weighted by atomic mass is 16.5. The standard InChI is InChI=1S/C12H15N3O/c1-15-5-6-16-11(8-15)10-7-9-3-2-4-13-12(9)14-10/h2-4,7,11H,5-6,8H2,1H3,(H,13,14). The van der Waals surface area contributed by atoms with Gasteiger partial charge in [-0.3, -0.25) is 0 Å². The van der Waals surface area contributed by atoms with E-state index < -0.39 is 0 Å². The van der Waals surface area contributed by atoms with Gasteiger partial charge < -0.3 is 14.6 Å². The number of likely N-dealkylation sites (N-methyl/N-ethyl adjacent to an activating group) is 1. The predicted octanol–water partition coefficient (Wildman–Crippen LogP) is 1.57. The van der Waals surface area contributed by atoms with Crippen molar-refractivity contribution < 1.29 is 4.74 Å². The van der Waals surface area contributed by atoms with E-state index in [0.717, 1.165) is 36.4 Å². The molecule has 1 N–H and O–H groups in total. The Morgan fingerprint density at radius 3 is 3.31 bits per heavy atom. The summed E-state index contributed by atoms with van der Waals surface area (Å²) in [4.78, 5) is 9.90. The van der Waals surface area contributed by atoms with Crippen LogP contribution in [0.1, 0.15) is 11.8 Å². The van der Waals surface area contributed by atoms with Gasteiger partial charge in [0.05, 0.1) is 6.61 Å². The fraction of sp³-hybridized carbons (Fsp3) is 0.417. The van der Waals surface area contributed by atoms with Gasteiger partial charge >= 0.3 is 0 Å². The molecule has 0 amide bonds. The van der Waals surface area contributed by atoms with Crippen LogP contribution < -0.4 is 0 Å². The molecule has 4 nitrogen and oxygen atoms in total. The van der Waals surface area contributed by atoms with E-state index in [1.807, 2.05) is 6.07 Å². The summed E-state index contributed by atoms with van der Waals surface area (Å²) in [7, 11) is 2.12. The van der Waals surface area contributed by atoms with Crippen LogP contribution in [0.2, 0.25) is 0 Å². The first-order valence-corrected chi connectivity index (χ1v) is 5.57. The molecule has 1 atom stereocenters. The third kappa shape index (κ3) is 1.70. The molecule has 2 aromatic rings. The van der Waals surface area contributed by atoms with E-state index in [9.17, 15) is 0 Å². The van der Waals surface area contributed by atoms with Crippen LogP contribution in [-0.2, 0) is 4.74 Å². The number of pyridine rings is 1. The minimum atomic E-state index is 0.146. The summed E-state index contributed by atoms with van der Waals surface area (Å²) in [5, 5.41) is 1.15. The molecule has 1 aliphatic rings. The molecule has 16 heavy (non-hydrogen) atoms. The van der Waals surface area contributed by atoms with Gasteiger partial charge in [-0.2, -0.15) is 0 Å². The number of rotatable bonds is 1. The molecule has 0 radical (unpaired) electrons. The molecule has 0 aliphatic carbocycles. The zero-order valence-corrected chi connectivity index (χ0v) is 9.31. The maximum Gasteiger partial charge on any atom is 0.137 e. The third-order valence-electron chi connectivity index (χ3n) is 3.03. The lowest BCUT2D eigenvalue weighted by Crippen LogP contribution is -2.35. The van der Waals surface area contributed by atoms with E-state index in [4.69, 9.17) is 4.74 Å². The Kier molecular flexibility index (Phi) is 2.38. The molecule has 0 saturated carbocycles.